The zero-order chi connectivity index (χ0) is 18.4. The Hall–Kier alpha value is -2.05. The van der Waals surface area contributed by atoms with Crippen molar-refractivity contribution in [2.45, 2.75) is 38.0 Å². The third-order valence-corrected chi connectivity index (χ3v) is 5.65. The summed E-state index contributed by atoms with van der Waals surface area (Å²) in [5.41, 5.74) is 2.44. The van der Waals surface area contributed by atoms with Gasteiger partial charge in [0.15, 0.2) is 0 Å². The Morgan fingerprint density at radius 3 is 2.32 bits per heavy atom. The first-order valence-corrected chi connectivity index (χ1v) is 9.72. The van der Waals surface area contributed by atoms with Crippen molar-refractivity contribution in [1.29, 1.82) is 0 Å². The lowest BCUT2D eigenvalue weighted by Gasteiger charge is -2.19. The second-order valence-electron chi connectivity index (χ2n) is 7.03. The Morgan fingerprint density at radius 1 is 1.08 bits per heavy atom. The lowest BCUT2D eigenvalue weighted by atomic mass is 9.87. The van der Waals surface area contributed by atoms with Crippen LogP contribution in [0.25, 0.3) is 5.52 Å². The molecular formula is C18H20ClN3O2S. The van der Waals surface area contributed by atoms with Gasteiger partial charge in [-0.1, -0.05) is 44.5 Å². The lowest BCUT2D eigenvalue weighted by Crippen LogP contribution is -2.16. The van der Waals surface area contributed by atoms with Crippen LogP contribution in [0.3, 0.4) is 0 Å². The van der Waals surface area contributed by atoms with Crippen LogP contribution in [0.1, 0.15) is 32.0 Å². The average Bonchev–Trinajstić information content (AvgIpc) is 2.92. The van der Waals surface area contributed by atoms with Gasteiger partial charge in [0, 0.05) is 0 Å². The highest BCUT2D eigenvalue weighted by atomic mass is 35.5. The van der Waals surface area contributed by atoms with Crippen LogP contribution in [0.4, 0.5) is 5.82 Å². The maximum Gasteiger partial charge on any atom is 0.263 e. The van der Waals surface area contributed by atoms with Gasteiger partial charge in [0.2, 0.25) is 0 Å². The van der Waals surface area contributed by atoms with E-state index in [1.54, 1.807) is 30.3 Å². The molecule has 5 nitrogen and oxygen atoms in total. The second-order valence-corrected chi connectivity index (χ2v) is 9.12. The van der Waals surface area contributed by atoms with Crippen LogP contribution in [0.15, 0.2) is 47.4 Å². The maximum atomic E-state index is 12.7. The van der Waals surface area contributed by atoms with Gasteiger partial charge in [0.25, 0.3) is 10.0 Å². The van der Waals surface area contributed by atoms with E-state index in [0.29, 0.717) is 16.4 Å². The molecule has 1 aromatic carbocycles. The van der Waals surface area contributed by atoms with Crippen molar-refractivity contribution in [3.05, 3.63) is 58.7 Å². The SMILES string of the molecule is Cc1cc2c(Cl)ccc(NS(=O)(=O)c3ccc(C(C)(C)C)cc3)n2n1. The Kier molecular flexibility index (Phi) is 4.29. The number of hydrogen-bond acceptors (Lipinski definition) is 3. The normalized spacial score (nSPS) is 12.5. The second kappa shape index (κ2) is 6.04. The maximum absolute atomic E-state index is 12.7. The van der Waals surface area contributed by atoms with E-state index < -0.39 is 10.0 Å². The van der Waals surface area contributed by atoms with Crippen LogP contribution >= 0.6 is 11.6 Å². The first-order valence-electron chi connectivity index (χ1n) is 7.86. The van der Waals surface area contributed by atoms with E-state index in [9.17, 15) is 8.42 Å². The Labute approximate surface area is 152 Å². The largest absolute Gasteiger partial charge is 0.263 e. The van der Waals surface area contributed by atoms with Gasteiger partial charge in [0.05, 0.1) is 21.1 Å². The van der Waals surface area contributed by atoms with E-state index in [2.05, 4.69) is 30.6 Å². The molecule has 7 heteroatoms. The number of rotatable bonds is 3. The van der Waals surface area contributed by atoms with E-state index in [4.69, 9.17) is 11.6 Å². The fourth-order valence-electron chi connectivity index (χ4n) is 2.57. The standard InChI is InChI=1S/C18H20ClN3O2S/c1-12-11-16-15(19)9-10-17(22(16)20-12)21-25(23,24)14-7-5-13(6-8-14)18(2,3)4/h5-11,21H,1-4H3. The van der Waals surface area contributed by atoms with Crippen LogP contribution in [-0.4, -0.2) is 18.0 Å². The van der Waals surface area contributed by atoms with Crippen molar-refractivity contribution in [3.63, 3.8) is 0 Å². The average molecular weight is 378 g/mol. The Balaban J connectivity index is 1.98. The van der Waals surface area contributed by atoms with Crippen molar-refractivity contribution < 1.29 is 8.42 Å². The molecule has 0 saturated heterocycles. The van der Waals surface area contributed by atoms with Crippen molar-refractivity contribution in [2.24, 2.45) is 0 Å². The number of hydrogen-bond donors (Lipinski definition) is 1. The summed E-state index contributed by atoms with van der Waals surface area (Å²) in [6.45, 7) is 8.07. The monoisotopic (exact) mass is 377 g/mol. The molecule has 0 bridgehead atoms. The molecule has 2 aromatic heterocycles. The number of halogens is 1. The molecule has 25 heavy (non-hydrogen) atoms. The van der Waals surface area contributed by atoms with Crippen LogP contribution in [-0.2, 0) is 15.4 Å². The summed E-state index contributed by atoms with van der Waals surface area (Å²) in [6, 6.07) is 12.0. The molecule has 3 rings (SSSR count). The predicted molar refractivity (Wildman–Crippen MR) is 101 cm³/mol. The van der Waals surface area contributed by atoms with Crippen LogP contribution in [0.5, 0.6) is 0 Å². The number of nitrogens with zero attached hydrogens (tertiary/aromatic N) is 2. The van der Waals surface area contributed by atoms with Gasteiger partial charge in [-0.25, -0.2) is 12.9 Å². The molecule has 0 amide bonds. The highest BCUT2D eigenvalue weighted by Gasteiger charge is 2.19. The number of pyridine rings is 1. The summed E-state index contributed by atoms with van der Waals surface area (Å²) < 4.78 is 29.5. The van der Waals surface area contributed by atoms with E-state index in [1.807, 2.05) is 19.1 Å². The molecule has 132 valence electrons. The van der Waals surface area contributed by atoms with Gasteiger partial charge in [-0.05, 0) is 48.2 Å². The van der Waals surface area contributed by atoms with E-state index >= 15 is 0 Å². The minimum absolute atomic E-state index is 0.0371. The molecule has 3 aromatic rings. The first kappa shape index (κ1) is 17.8. The first-order chi connectivity index (χ1) is 11.6. The molecule has 0 radical (unpaired) electrons. The molecule has 0 unspecified atom stereocenters. The zero-order valence-corrected chi connectivity index (χ0v) is 16.1. The number of anilines is 1. The molecule has 0 atom stereocenters. The molecule has 0 aliphatic heterocycles. The van der Waals surface area contributed by atoms with Crippen molar-refractivity contribution in [3.8, 4) is 0 Å². The van der Waals surface area contributed by atoms with E-state index in [0.717, 1.165) is 11.3 Å². The zero-order valence-electron chi connectivity index (χ0n) is 14.5. The van der Waals surface area contributed by atoms with E-state index in [1.165, 1.54) is 4.52 Å². The molecule has 0 spiro atoms. The van der Waals surface area contributed by atoms with Crippen molar-refractivity contribution in [1.82, 2.24) is 9.61 Å². The quantitative estimate of drug-likeness (QED) is 0.736. The van der Waals surface area contributed by atoms with Crippen molar-refractivity contribution in [2.75, 3.05) is 4.72 Å². The predicted octanol–water partition coefficient (Wildman–Crippen LogP) is 4.39. The van der Waals surface area contributed by atoms with Crippen LogP contribution < -0.4 is 4.72 Å². The number of nitrogens with one attached hydrogen (secondary N) is 1. The Morgan fingerprint density at radius 2 is 1.72 bits per heavy atom. The highest BCUT2D eigenvalue weighted by molar-refractivity contribution is 7.92. The molecule has 1 N–H and O–H groups in total. The van der Waals surface area contributed by atoms with Gasteiger partial charge >= 0.3 is 0 Å². The summed E-state index contributed by atoms with van der Waals surface area (Å²) in [4.78, 5) is 0.201. The topological polar surface area (TPSA) is 63.5 Å². The van der Waals surface area contributed by atoms with Gasteiger partial charge in [-0.3, -0.25) is 4.72 Å². The number of aryl methyl sites for hydroxylation is 1. The lowest BCUT2D eigenvalue weighted by molar-refractivity contribution is 0.587. The fourth-order valence-corrected chi connectivity index (χ4v) is 3.81. The Bertz CT molecular complexity index is 1030. The molecule has 0 aliphatic carbocycles. The number of benzene rings is 1. The molecule has 0 saturated carbocycles. The highest BCUT2D eigenvalue weighted by Crippen LogP contribution is 2.26. The molecule has 2 heterocycles. The third kappa shape index (κ3) is 3.50. The number of fused-ring (bicyclic) bond motifs is 1. The summed E-state index contributed by atoms with van der Waals surface area (Å²) in [7, 11) is -3.72. The summed E-state index contributed by atoms with van der Waals surface area (Å²) in [5, 5.41) is 4.82. The molecular weight excluding hydrogens is 358 g/mol. The smallest absolute Gasteiger partial charge is 0.263 e. The summed E-state index contributed by atoms with van der Waals surface area (Å²) in [6.07, 6.45) is 0. The minimum Gasteiger partial charge on any atom is -0.263 e. The van der Waals surface area contributed by atoms with Crippen molar-refractivity contribution >= 4 is 33.0 Å². The van der Waals surface area contributed by atoms with Crippen LogP contribution in [0.2, 0.25) is 5.02 Å². The number of sulfonamides is 1. The van der Waals surface area contributed by atoms with Crippen LogP contribution in [0, 0.1) is 6.92 Å². The van der Waals surface area contributed by atoms with Gasteiger partial charge in [0.1, 0.15) is 5.82 Å². The number of aromatic nitrogens is 2. The summed E-state index contributed by atoms with van der Waals surface area (Å²) >= 11 is 6.15. The molecule has 0 fully saturated rings. The molecule has 0 aliphatic rings. The third-order valence-electron chi connectivity index (χ3n) is 3.96. The van der Waals surface area contributed by atoms with Gasteiger partial charge in [-0.2, -0.15) is 5.10 Å². The minimum atomic E-state index is -3.72. The van der Waals surface area contributed by atoms with E-state index in [-0.39, 0.29) is 10.3 Å². The van der Waals surface area contributed by atoms with Gasteiger partial charge in [-0.15, -0.1) is 0 Å². The van der Waals surface area contributed by atoms with Gasteiger partial charge < -0.3 is 0 Å². The summed E-state index contributed by atoms with van der Waals surface area (Å²) in [5.74, 6) is 0.340. The fraction of sp³-hybridized carbons (Fsp3) is 0.278.